The fourth-order valence-electron chi connectivity index (χ4n) is 4.70. The molecule has 1 aliphatic heterocycles. The summed E-state index contributed by atoms with van der Waals surface area (Å²) in [6.07, 6.45) is 11.2. The SMILES string of the molecule is CCC[CH2][Sn](/[CH]=C/CC(O)C1CN(C)CCC1OC(C)=O)([CH2]CCC)[CH2]CCC. The van der Waals surface area contributed by atoms with E-state index in [9.17, 15) is 9.90 Å². The topological polar surface area (TPSA) is 49.8 Å². The number of piperidine rings is 1. The number of rotatable bonds is 14. The maximum atomic E-state index is 11.5. The molecule has 3 unspecified atom stereocenters. The summed E-state index contributed by atoms with van der Waals surface area (Å²) >= 11 is -2.29. The first kappa shape index (κ1) is 27.0. The van der Waals surface area contributed by atoms with Crippen LogP contribution in [0.3, 0.4) is 0 Å². The second-order valence-electron chi connectivity index (χ2n) is 9.24. The Morgan fingerprint density at radius 1 is 1.14 bits per heavy atom. The Morgan fingerprint density at radius 3 is 2.17 bits per heavy atom. The molecule has 0 aromatic heterocycles. The van der Waals surface area contributed by atoms with Crippen LogP contribution in [0.5, 0.6) is 0 Å². The Morgan fingerprint density at radius 2 is 1.69 bits per heavy atom. The predicted octanol–water partition coefficient (Wildman–Crippen LogP) is 5.57. The molecule has 0 radical (unpaired) electrons. The molecular weight excluding hydrogens is 469 g/mol. The van der Waals surface area contributed by atoms with Gasteiger partial charge in [0.05, 0.1) is 0 Å². The molecule has 0 spiro atoms. The van der Waals surface area contributed by atoms with Crippen molar-refractivity contribution in [1.29, 1.82) is 0 Å². The summed E-state index contributed by atoms with van der Waals surface area (Å²) in [5.41, 5.74) is 0. The van der Waals surface area contributed by atoms with Gasteiger partial charge in [-0.3, -0.25) is 0 Å². The van der Waals surface area contributed by atoms with E-state index in [1.165, 1.54) is 58.8 Å². The molecule has 5 heteroatoms. The molecule has 1 heterocycles. The first-order chi connectivity index (χ1) is 13.9. The van der Waals surface area contributed by atoms with Gasteiger partial charge in [-0.2, -0.15) is 0 Å². The van der Waals surface area contributed by atoms with Gasteiger partial charge in [-0.1, -0.05) is 0 Å². The zero-order chi connectivity index (χ0) is 21.7. The van der Waals surface area contributed by atoms with Gasteiger partial charge >= 0.3 is 185 Å². The van der Waals surface area contributed by atoms with E-state index in [-0.39, 0.29) is 18.0 Å². The summed E-state index contributed by atoms with van der Waals surface area (Å²) in [5.74, 6) is -0.227. The molecule has 1 N–H and O–H groups in total. The fraction of sp³-hybridized carbons (Fsp3) is 0.875. The molecule has 0 aromatic carbocycles. The number of aliphatic hydroxyl groups is 1. The standard InChI is InChI=1S/C12H20NO3.3C4H9.Sn/c1-4-5-11(15)10-8-13(3)7-6-12(10)16-9(2)14;3*1-3-4-2;/h1,4,10-12,15H,5-8H2,2-3H3;3*1,3-4H2,2H3;. The zero-order valence-corrected chi connectivity index (χ0v) is 22.6. The number of hydrogen-bond donors (Lipinski definition) is 1. The second-order valence-corrected chi connectivity index (χ2v) is 22.3. The van der Waals surface area contributed by atoms with Gasteiger partial charge in [-0.25, -0.2) is 0 Å². The van der Waals surface area contributed by atoms with Gasteiger partial charge in [-0.05, 0) is 0 Å². The molecule has 1 fully saturated rings. The van der Waals surface area contributed by atoms with Crippen molar-refractivity contribution in [3.63, 3.8) is 0 Å². The van der Waals surface area contributed by atoms with Gasteiger partial charge in [0.15, 0.2) is 0 Å². The summed E-state index contributed by atoms with van der Waals surface area (Å²) < 4.78 is 12.6. The monoisotopic (exact) mass is 517 g/mol. The van der Waals surface area contributed by atoms with Crippen LogP contribution in [-0.2, 0) is 9.53 Å². The van der Waals surface area contributed by atoms with E-state index in [0.29, 0.717) is 6.42 Å². The molecule has 1 aliphatic rings. The van der Waals surface area contributed by atoms with Crippen LogP contribution < -0.4 is 0 Å². The normalized spacial score (nSPS) is 22.1. The molecule has 1 rings (SSSR count). The first-order valence-electron chi connectivity index (χ1n) is 12.1. The van der Waals surface area contributed by atoms with E-state index in [4.69, 9.17) is 4.74 Å². The molecule has 3 atom stereocenters. The van der Waals surface area contributed by atoms with Crippen molar-refractivity contribution in [1.82, 2.24) is 4.90 Å². The van der Waals surface area contributed by atoms with Gasteiger partial charge < -0.3 is 0 Å². The molecule has 0 aromatic rings. The Hall–Kier alpha value is -0.0713. The third-order valence-electron chi connectivity index (χ3n) is 6.54. The Balaban J connectivity index is 2.83. The van der Waals surface area contributed by atoms with Crippen molar-refractivity contribution in [2.75, 3.05) is 20.1 Å². The van der Waals surface area contributed by atoms with E-state index in [1.807, 2.05) is 0 Å². The molecule has 0 saturated carbocycles. The average Bonchev–Trinajstić information content (AvgIpc) is 2.69. The van der Waals surface area contributed by atoms with Crippen molar-refractivity contribution < 1.29 is 14.6 Å². The van der Waals surface area contributed by atoms with Gasteiger partial charge in [0.2, 0.25) is 0 Å². The number of likely N-dealkylation sites (tertiary alicyclic amines) is 1. The molecule has 0 amide bonds. The Labute approximate surface area is 184 Å². The summed E-state index contributed by atoms with van der Waals surface area (Å²) in [4.78, 5) is 13.7. The number of unbranched alkanes of at least 4 members (excludes halogenated alkanes) is 3. The number of carbonyl (C=O) groups excluding carboxylic acids is 1. The predicted molar refractivity (Wildman–Crippen MR) is 126 cm³/mol. The van der Waals surface area contributed by atoms with E-state index in [1.54, 1.807) is 0 Å². The van der Waals surface area contributed by atoms with Crippen LogP contribution in [0.15, 0.2) is 10.2 Å². The van der Waals surface area contributed by atoms with Crippen LogP contribution in [0, 0.1) is 5.92 Å². The van der Waals surface area contributed by atoms with Crippen molar-refractivity contribution in [2.24, 2.45) is 5.92 Å². The molecule has 0 aliphatic carbocycles. The van der Waals surface area contributed by atoms with Crippen molar-refractivity contribution >= 4 is 24.3 Å². The summed E-state index contributed by atoms with van der Waals surface area (Å²) in [6, 6.07) is 0. The number of hydrogen-bond acceptors (Lipinski definition) is 4. The van der Waals surface area contributed by atoms with Gasteiger partial charge in [-0.15, -0.1) is 0 Å². The molecule has 29 heavy (non-hydrogen) atoms. The van der Waals surface area contributed by atoms with Crippen LogP contribution in [0.25, 0.3) is 0 Å². The number of ether oxygens (including phenoxy) is 1. The van der Waals surface area contributed by atoms with Crippen molar-refractivity contribution in [3.8, 4) is 0 Å². The Kier molecular flexibility index (Phi) is 13.8. The molecule has 170 valence electrons. The number of carbonyl (C=O) groups is 1. The van der Waals surface area contributed by atoms with Gasteiger partial charge in [0.25, 0.3) is 0 Å². The third kappa shape index (κ3) is 10.2. The number of nitrogens with zero attached hydrogens (tertiary/aromatic N) is 1. The van der Waals surface area contributed by atoms with Crippen LogP contribution in [0.1, 0.15) is 79.1 Å². The van der Waals surface area contributed by atoms with Crippen LogP contribution in [-0.4, -0.2) is 66.7 Å². The molecule has 0 bridgehead atoms. The number of esters is 1. The first-order valence-corrected chi connectivity index (χ1v) is 19.8. The quantitative estimate of drug-likeness (QED) is 0.243. The Bertz CT molecular complexity index is 461. The third-order valence-corrected chi connectivity index (χ3v) is 20.8. The number of aliphatic hydroxyl groups excluding tert-OH is 1. The molecule has 1 saturated heterocycles. The van der Waals surface area contributed by atoms with E-state index in [2.05, 4.69) is 42.9 Å². The maximum absolute atomic E-state index is 11.5. The summed E-state index contributed by atoms with van der Waals surface area (Å²) in [7, 11) is 2.08. The molecular formula is C24H47NO3Sn. The van der Waals surface area contributed by atoms with E-state index >= 15 is 0 Å². The summed E-state index contributed by atoms with van der Waals surface area (Å²) in [5, 5.41) is 11.0. The van der Waals surface area contributed by atoms with Crippen LogP contribution >= 0.6 is 0 Å². The minimum absolute atomic E-state index is 0.00817. The minimum atomic E-state index is -2.29. The van der Waals surface area contributed by atoms with Gasteiger partial charge in [0.1, 0.15) is 0 Å². The van der Waals surface area contributed by atoms with Gasteiger partial charge in [0, 0.05) is 0 Å². The van der Waals surface area contributed by atoms with Crippen LogP contribution in [0.4, 0.5) is 0 Å². The van der Waals surface area contributed by atoms with Crippen molar-refractivity contribution in [2.45, 2.75) is 105 Å². The average molecular weight is 516 g/mol. The van der Waals surface area contributed by atoms with Crippen molar-refractivity contribution in [3.05, 3.63) is 10.2 Å². The summed E-state index contributed by atoms with van der Waals surface area (Å²) in [6.45, 7) is 10.1. The fourth-order valence-corrected chi connectivity index (χ4v) is 19.1. The second kappa shape index (κ2) is 14.9. The van der Waals surface area contributed by atoms with E-state index in [0.717, 1.165) is 19.5 Å². The zero-order valence-electron chi connectivity index (χ0n) is 19.8. The van der Waals surface area contributed by atoms with Crippen LogP contribution in [0.2, 0.25) is 13.3 Å². The molecule has 4 nitrogen and oxygen atoms in total. The van der Waals surface area contributed by atoms with E-state index < -0.39 is 24.5 Å².